The van der Waals surface area contributed by atoms with Crippen molar-refractivity contribution in [3.05, 3.63) is 167 Å². The zero-order valence-corrected chi connectivity index (χ0v) is 27.9. The van der Waals surface area contributed by atoms with E-state index in [1.165, 1.54) is 11.1 Å². The fourth-order valence-electron chi connectivity index (χ4n) is 7.07. The van der Waals surface area contributed by atoms with Crippen LogP contribution in [0.15, 0.2) is 133 Å². The minimum Gasteiger partial charge on any atom is -0.354 e. The van der Waals surface area contributed by atoms with Gasteiger partial charge in [0.05, 0.1) is 22.8 Å². The Balaban J connectivity index is 1.48. The molecule has 4 nitrogen and oxygen atoms in total. The van der Waals surface area contributed by atoms with Crippen LogP contribution in [-0.4, -0.2) is 19.9 Å². The summed E-state index contributed by atoms with van der Waals surface area (Å²) >= 11 is 0. The van der Waals surface area contributed by atoms with Crippen LogP contribution in [0.4, 0.5) is 0 Å². The molecule has 9 rings (SSSR count). The van der Waals surface area contributed by atoms with Gasteiger partial charge in [0.1, 0.15) is 0 Å². The molecule has 0 saturated carbocycles. The number of H-pyrrole nitrogens is 2. The molecule has 0 atom stereocenters. The third-order valence-corrected chi connectivity index (χ3v) is 9.56. The van der Waals surface area contributed by atoms with E-state index in [4.69, 9.17) is 9.97 Å². The maximum absolute atomic E-state index is 5.37. The van der Waals surface area contributed by atoms with Gasteiger partial charge in [-0.1, -0.05) is 120 Å². The van der Waals surface area contributed by atoms with Crippen LogP contribution < -0.4 is 0 Å². The molecular weight excluding hydrogens is 609 g/mol. The number of benzene rings is 4. The van der Waals surface area contributed by atoms with Crippen LogP contribution in [0.2, 0.25) is 0 Å². The number of nitrogens with zero attached hydrogens (tertiary/aromatic N) is 2. The largest absolute Gasteiger partial charge is 0.354 e. The van der Waals surface area contributed by atoms with Crippen molar-refractivity contribution < 1.29 is 0 Å². The summed E-state index contributed by atoms with van der Waals surface area (Å²) in [6, 6.07) is 47.2. The highest BCUT2D eigenvalue weighted by molar-refractivity contribution is 6.00. The summed E-state index contributed by atoms with van der Waals surface area (Å²) < 4.78 is 0. The Morgan fingerprint density at radius 3 is 1.04 bits per heavy atom. The van der Waals surface area contributed by atoms with Crippen molar-refractivity contribution in [2.75, 3.05) is 0 Å². The predicted octanol–water partition coefficient (Wildman–Crippen LogP) is 11.9. The first-order valence-electron chi connectivity index (χ1n) is 17.0. The molecule has 5 heterocycles. The number of nitrogens with one attached hydrogen (secondary N) is 2. The Hall–Kier alpha value is -6.52. The summed E-state index contributed by atoms with van der Waals surface area (Å²) in [7, 11) is 0. The Morgan fingerprint density at radius 2 is 0.640 bits per heavy atom. The molecule has 0 fully saturated rings. The monoisotopic (exact) mass is 642 g/mol. The Kier molecular flexibility index (Phi) is 7.21. The first-order chi connectivity index (χ1) is 24.6. The van der Waals surface area contributed by atoms with Gasteiger partial charge in [-0.05, 0) is 84.7 Å². The fourth-order valence-corrected chi connectivity index (χ4v) is 7.07. The predicted molar refractivity (Wildman–Crippen MR) is 210 cm³/mol. The molecule has 2 aliphatic heterocycles. The van der Waals surface area contributed by atoms with Gasteiger partial charge in [-0.2, -0.15) is 0 Å². The zero-order valence-electron chi connectivity index (χ0n) is 27.9. The van der Waals surface area contributed by atoms with E-state index in [2.05, 4.69) is 182 Å². The van der Waals surface area contributed by atoms with Gasteiger partial charge >= 0.3 is 0 Å². The van der Waals surface area contributed by atoms with Gasteiger partial charge in [0, 0.05) is 44.3 Å². The van der Waals surface area contributed by atoms with E-state index >= 15 is 0 Å². The molecule has 2 N–H and O–H groups in total. The summed E-state index contributed by atoms with van der Waals surface area (Å²) in [5.41, 5.74) is 18.6. The van der Waals surface area contributed by atoms with E-state index in [0.717, 1.165) is 89.4 Å². The third-order valence-electron chi connectivity index (χ3n) is 9.56. The van der Waals surface area contributed by atoms with Gasteiger partial charge in [-0.3, -0.25) is 0 Å². The lowest BCUT2D eigenvalue weighted by atomic mass is 10.0. The van der Waals surface area contributed by atoms with Gasteiger partial charge in [0.2, 0.25) is 0 Å². The maximum Gasteiger partial charge on any atom is 0.0738 e. The smallest absolute Gasteiger partial charge is 0.0738 e. The standard InChI is InChI=1S/C46H34N4/c1-29-13-17-33(18-14-29)45-39-25-21-35(47-39)43(31-9-5-3-6-10-31)37-23-27-41(49-37)46(34-19-15-30(2)16-20-34)42-28-24-38(50-42)44(32-11-7-4-8-12-32)36-22-26-40(45)48-36/h3-28,47-48H,1-2H3. The first-order valence-corrected chi connectivity index (χ1v) is 17.0. The molecule has 8 bridgehead atoms. The lowest BCUT2D eigenvalue weighted by Gasteiger charge is -2.07. The SMILES string of the molecule is Cc1ccc(-c2c3nc(c(-c4ccccc4)c4ccc([nH]4)c(-c4ccc(C)cc4)c4ccc([nH]4)c(-c4ccccc4)c4nc2C=C4)C=C3)cc1. The number of rotatable bonds is 4. The van der Waals surface area contributed by atoms with Crippen molar-refractivity contribution in [3.8, 4) is 44.5 Å². The average Bonchev–Trinajstić information content (AvgIpc) is 3.98. The molecular formula is C46H34N4. The molecule has 2 aliphatic rings. The minimum absolute atomic E-state index is 0.885. The second-order valence-electron chi connectivity index (χ2n) is 13.0. The minimum atomic E-state index is 0.885. The fraction of sp³-hybridized carbons (Fsp3) is 0.0435. The lowest BCUT2D eigenvalue weighted by molar-refractivity contribution is 1.27. The number of aromatic amines is 2. The summed E-state index contributed by atoms with van der Waals surface area (Å²) in [4.78, 5) is 18.4. The molecule has 0 saturated heterocycles. The highest BCUT2D eigenvalue weighted by Crippen LogP contribution is 2.38. The van der Waals surface area contributed by atoms with E-state index in [1.807, 2.05) is 0 Å². The summed E-state index contributed by atoms with van der Waals surface area (Å²) in [5, 5.41) is 0. The Morgan fingerprint density at radius 1 is 0.320 bits per heavy atom. The molecule has 50 heavy (non-hydrogen) atoms. The second kappa shape index (κ2) is 12.2. The van der Waals surface area contributed by atoms with E-state index in [9.17, 15) is 0 Å². The Bertz CT molecular complexity index is 2480. The molecule has 3 aromatic heterocycles. The summed E-state index contributed by atoms with van der Waals surface area (Å²) in [6.45, 7) is 4.24. The van der Waals surface area contributed by atoms with Crippen molar-refractivity contribution in [3.63, 3.8) is 0 Å². The van der Waals surface area contributed by atoms with Crippen molar-refractivity contribution in [2.24, 2.45) is 0 Å². The number of aryl methyl sites for hydroxylation is 2. The van der Waals surface area contributed by atoms with Crippen LogP contribution in [0.3, 0.4) is 0 Å². The zero-order chi connectivity index (χ0) is 33.6. The Labute approximate surface area is 291 Å². The van der Waals surface area contributed by atoms with Crippen LogP contribution >= 0.6 is 0 Å². The normalized spacial score (nSPS) is 12.0. The van der Waals surface area contributed by atoms with Crippen LogP contribution in [0, 0.1) is 13.8 Å². The molecule has 4 aromatic carbocycles. The van der Waals surface area contributed by atoms with Crippen molar-refractivity contribution in [2.45, 2.75) is 13.8 Å². The third kappa shape index (κ3) is 5.28. The molecule has 0 aliphatic carbocycles. The number of aromatic nitrogens is 4. The van der Waals surface area contributed by atoms with Crippen LogP contribution in [-0.2, 0) is 0 Å². The van der Waals surface area contributed by atoms with Crippen molar-refractivity contribution in [1.82, 2.24) is 19.9 Å². The summed E-state index contributed by atoms with van der Waals surface area (Å²) in [6.07, 6.45) is 8.53. The van der Waals surface area contributed by atoms with Gasteiger partial charge in [0.15, 0.2) is 0 Å². The van der Waals surface area contributed by atoms with E-state index in [-0.39, 0.29) is 0 Å². The molecule has 238 valence electrons. The first kappa shape index (κ1) is 29.6. The number of fused-ring (bicyclic) bond motifs is 8. The van der Waals surface area contributed by atoms with Gasteiger partial charge < -0.3 is 9.97 Å². The average molecular weight is 643 g/mol. The maximum atomic E-state index is 5.37. The van der Waals surface area contributed by atoms with Gasteiger partial charge in [-0.25, -0.2) is 9.97 Å². The summed E-state index contributed by atoms with van der Waals surface area (Å²) in [5.74, 6) is 0. The van der Waals surface area contributed by atoms with Gasteiger partial charge in [0.25, 0.3) is 0 Å². The van der Waals surface area contributed by atoms with Crippen molar-refractivity contribution in [1.29, 1.82) is 0 Å². The van der Waals surface area contributed by atoms with E-state index < -0.39 is 0 Å². The molecule has 0 radical (unpaired) electrons. The molecule has 4 heteroatoms. The molecule has 0 unspecified atom stereocenters. The van der Waals surface area contributed by atoms with Crippen LogP contribution in [0.5, 0.6) is 0 Å². The van der Waals surface area contributed by atoms with Crippen molar-refractivity contribution >= 4 is 46.4 Å². The van der Waals surface area contributed by atoms with Gasteiger partial charge in [-0.15, -0.1) is 0 Å². The van der Waals surface area contributed by atoms with Crippen LogP contribution in [0.1, 0.15) is 33.9 Å². The molecule has 0 spiro atoms. The highest BCUT2D eigenvalue weighted by atomic mass is 14.8. The quantitative estimate of drug-likeness (QED) is 0.201. The number of hydrogen-bond donors (Lipinski definition) is 2. The molecule has 0 amide bonds. The highest BCUT2D eigenvalue weighted by Gasteiger charge is 2.19. The number of hydrogen-bond acceptors (Lipinski definition) is 2. The van der Waals surface area contributed by atoms with Crippen LogP contribution in [0.25, 0.3) is 90.9 Å². The lowest BCUT2D eigenvalue weighted by Crippen LogP contribution is -1.91. The van der Waals surface area contributed by atoms with E-state index in [0.29, 0.717) is 0 Å². The second-order valence-corrected chi connectivity index (χ2v) is 13.0. The topological polar surface area (TPSA) is 57.4 Å². The molecule has 7 aromatic rings. The van der Waals surface area contributed by atoms with E-state index in [1.54, 1.807) is 0 Å².